The molecule has 0 saturated heterocycles. The lowest BCUT2D eigenvalue weighted by Gasteiger charge is -2.09. The predicted octanol–water partition coefficient (Wildman–Crippen LogP) is 1.83. The lowest BCUT2D eigenvalue weighted by Crippen LogP contribution is -2.20. The summed E-state index contributed by atoms with van der Waals surface area (Å²) in [4.78, 5) is 9.99. The van der Waals surface area contributed by atoms with Crippen molar-refractivity contribution in [3.05, 3.63) is 29.6 Å². The quantitative estimate of drug-likeness (QED) is 0.662. The van der Waals surface area contributed by atoms with Gasteiger partial charge in [-0.1, -0.05) is 0 Å². The highest BCUT2D eigenvalue weighted by atomic mass is 32.2. The molecule has 0 radical (unpaired) electrons. The molecule has 1 aromatic rings. The summed E-state index contributed by atoms with van der Waals surface area (Å²) in [6, 6.07) is 1.86. The molecule has 0 amide bonds. The van der Waals surface area contributed by atoms with Crippen LogP contribution in [0.3, 0.4) is 0 Å². The first-order chi connectivity index (χ1) is 9.03. The summed E-state index contributed by atoms with van der Waals surface area (Å²) in [6.07, 6.45) is -4.69. The van der Waals surface area contributed by atoms with Gasteiger partial charge >= 0.3 is 12.1 Å². The van der Waals surface area contributed by atoms with E-state index in [0.29, 0.717) is 12.1 Å². The van der Waals surface area contributed by atoms with Crippen LogP contribution < -0.4 is 0 Å². The van der Waals surface area contributed by atoms with Crippen molar-refractivity contribution in [1.29, 1.82) is 0 Å². The summed E-state index contributed by atoms with van der Waals surface area (Å²) in [5.41, 5.74) is -0.901. The Hall–Kier alpha value is -1.68. The van der Waals surface area contributed by atoms with E-state index in [1.807, 2.05) is 0 Å². The van der Waals surface area contributed by atoms with Gasteiger partial charge in [0.1, 0.15) is 12.4 Å². The maximum Gasteiger partial charge on any atom is 0.411 e. The summed E-state index contributed by atoms with van der Waals surface area (Å²) < 4.78 is 75.7. The summed E-state index contributed by atoms with van der Waals surface area (Å²) in [6.45, 7) is -1.76. The first kappa shape index (κ1) is 16.4. The van der Waals surface area contributed by atoms with Crippen LogP contribution in [0.15, 0.2) is 23.1 Å². The van der Waals surface area contributed by atoms with Gasteiger partial charge in [-0.25, -0.2) is 17.6 Å². The standard InChI is InChI=1S/C10H8F4O5S/c11-8-2-1-6(3-7(8)9(15)16)20(17,18)5-19-4-10(12,13)14/h1-3H,4-5H2,(H,15,16). The molecule has 20 heavy (non-hydrogen) atoms. The Morgan fingerprint density at radius 3 is 2.40 bits per heavy atom. The molecule has 112 valence electrons. The molecule has 1 rings (SSSR count). The number of carboxylic acid groups (broad SMARTS) is 1. The van der Waals surface area contributed by atoms with Gasteiger partial charge in [0.05, 0.1) is 10.5 Å². The molecule has 0 atom stereocenters. The minimum absolute atomic E-state index is 0.518. The number of alkyl halides is 3. The van der Waals surface area contributed by atoms with Crippen molar-refractivity contribution >= 4 is 15.8 Å². The Morgan fingerprint density at radius 1 is 1.30 bits per heavy atom. The topological polar surface area (TPSA) is 80.7 Å². The monoisotopic (exact) mass is 316 g/mol. The molecule has 0 aliphatic carbocycles. The van der Waals surface area contributed by atoms with E-state index in [0.717, 1.165) is 6.07 Å². The van der Waals surface area contributed by atoms with Crippen LogP contribution in [0.4, 0.5) is 17.6 Å². The number of carboxylic acids is 1. The second-order valence-corrected chi connectivity index (χ2v) is 5.58. The maximum absolute atomic E-state index is 13.1. The molecule has 0 bridgehead atoms. The molecule has 0 aromatic heterocycles. The molecular weight excluding hydrogens is 308 g/mol. The van der Waals surface area contributed by atoms with E-state index < -0.39 is 50.8 Å². The number of aromatic carboxylic acids is 1. The van der Waals surface area contributed by atoms with Gasteiger partial charge < -0.3 is 9.84 Å². The molecule has 5 nitrogen and oxygen atoms in total. The zero-order valence-electron chi connectivity index (χ0n) is 9.65. The van der Waals surface area contributed by atoms with E-state index in [1.165, 1.54) is 0 Å². The van der Waals surface area contributed by atoms with Crippen LogP contribution in [0, 0.1) is 5.82 Å². The maximum atomic E-state index is 13.1. The van der Waals surface area contributed by atoms with E-state index in [9.17, 15) is 30.8 Å². The fourth-order valence-corrected chi connectivity index (χ4v) is 2.21. The zero-order chi connectivity index (χ0) is 15.6. The highest BCUT2D eigenvalue weighted by Crippen LogP contribution is 2.19. The highest BCUT2D eigenvalue weighted by molar-refractivity contribution is 7.91. The second-order valence-electron chi connectivity index (χ2n) is 3.64. The van der Waals surface area contributed by atoms with E-state index >= 15 is 0 Å². The van der Waals surface area contributed by atoms with Crippen molar-refractivity contribution in [2.45, 2.75) is 11.1 Å². The van der Waals surface area contributed by atoms with E-state index in [1.54, 1.807) is 0 Å². The average molecular weight is 316 g/mol. The Balaban J connectivity index is 2.93. The van der Waals surface area contributed by atoms with Crippen LogP contribution in [-0.4, -0.2) is 38.2 Å². The average Bonchev–Trinajstić information content (AvgIpc) is 2.26. The van der Waals surface area contributed by atoms with Crippen molar-refractivity contribution in [2.24, 2.45) is 0 Å². The van der Waals surface area contributed by atoms with E-state index in [4.69, 9.17) is 5.11 Å². The van der Waals surface area contributed by atoms with Gasteiger partial charge in [-0.3, -0.25) is 0 Å². The number of hydrogen-bond donors (Lipinski definition) is 1. The second kappa shape index (κ2) is 5.75. The SMILES string of the molecule is O=C(O)c1cc(S(=O)(=O)COCC(F)(F)F)ccc1F. The Morgan fingerprint density at radius 2 is 1.90 bits per heavy atom. The van der Waals surface area contributed by atoms with Gasteiger partial charge in [0.25, 0.3) is 0 Å². The lowest BCUT2D eigenvalue weighted by molar-refractivity contribution is -0.169. The summed E-state index contributed by atoms with van der Waals surface area (Å²) >= 11 is 0. The number of hydrogen-bond acceptors (Lipinski definition) is 4. The van der Waals surface area contributed by atoms with Gasteiger partial charge in [0, 0.05) is 0 Å². The van der Waals surface area contributed by atoms with E-state index in [2.05, 4.69) is 4.74 Å². The number of ether oxygens (including phenoxy) is 1. The van der Waals surface area contributed by atoms with Crippen molar-refractivity contribution in [3.63, 3.8) is 0 Å². The summed E-state index contributed by atoms with van der Waals surface area (Å²) in [5, 5.41) is 8.62. The number of sulfone groups is 1. The molecule has 0 aliphatic heterocycles. The summed E-state index contributed by atoms with van der Waals surface area (Å²) in [7, 11) is -4.31. The van der Waals surface area contributed by atoms with Crippen LogP contribution in [0.5, 0.6) is 0 Å². The number of rotatable bonds is 5. The van der Waals surface area contributed by atoms with Gasteiger partial charge in [-0.05, 0) is 18.2 Å². The normalized spacial score (nSPS) is 12.4. The van der Waals surface area contributed by atoms with Crippen LogP contribution >= 0.6 is 0 Å². The molecule has 0 heterocycles. The largest absolute Gasteiger partial charge is 0.478 e. The van der Waals surface area contributed by atoms with Gasteiger partial charge in [0.2, 0.25) is 9.84 Å². The molecule has 0 unspecified atom stereocenters. The molecule has 10 heteroatoms. The number of halogens is 4. The summed E-state index contributed by atoms with van der Waals surface area (Å²) in [5.74, 6) is -4.15. The Kier molecular flexibility index (Phi) is 4.71. The molecule has 1 aromatic carbocycles. The van der Waals surface area contributed by atoms with Crippen LogP contribution in [0.25, 0.3) is 0 Å². The molecule has 1 N–H and O–H groups in total. The van der Waals surface area contributed by atoms with Crippen molar-refractivity contribution in [1.82, 2.24) is 0 Å². The minimum atomic E-state index is -4.69. The first-order valence-electron chi connectivity index (χ1n) is 4.93. The molecule has 0 spiro atoms. The molecule has 0 aliphatic rings. The number of benzene rings is 1. The third kappa shape index (κ3) is 4.46. The number of carbonyl (C=O) groups is 1. The van der Waals surface area contributed by atoms with Crippen molar-refractivity contribution in [3.8, 4) is 0 Å². The third-order valence-electron chi connectivity index (χ3n) is 2.03. The molecular formula is C10H8F4O5S. The fraction of sp³-hybridized carbons (Fsp3) is 0.300. The van der Waals surface area contributed by atoms with Crippen molar-refractivity contribution < 1.29 is 40.6 Å². The molecule has 0 fully saturated rings. The fourth-order valence-electron chi connectivity index (χ4n) is 1.20. The Bertz CT molecular complexity index is 609. The van der Waals surface area contributed by atoms with Crippen LogP contribution in [0.2, 0.25) is 0 Å². The van der Waals surface area contributed by atoms with E-state index in [-0.39, 0.29) is 0 Å². The minimum Gasteiger partial charge on any atom is -0.478 e. The van der Waals surface area contributed by atoms with Crippen LogP contribution in [-0.2, 0) is 14.6 Å². The van der Waals surface area contributed by atoms with Gasteiger partial charge in [0.15, 0.2) is 5.94 Å². The van der Waals surface area contributed by atoms with Gasteiger partial charge in [-0.15, -0.1) is 0 Å². The first-order valence-corrected chi connectivity index (χ1v) is 6.58. The zero-order valence-corrected chi connectivity index (χ0v) is 10.5. The van der Waals surface area contributed by atoms with Gasteiger partial charge in [-0.2, -0.15) is 13.2 Å². The van der Waals surface area contributed by atoms with Crippen molar-refractivity contribution in [2.75, 3.05) is 12.5 Å². The lowest BCUT2D eigenvalue weighted by atomic mass is 10.2. The third-order valence-corrected chi connectivity index (χ3v) is 3.48. The Labute approximate surface area is 110 Å². The molecule has 0 saturated carbocycles. The smallest absolute Gasteiger partial charge is 0.411 e. The highest BCUT2D eigenvalue weighted by Gasteiger charge is 2.29. The predicted molar refractivity (Wildman–Crippen MR) is 57.4 cm³/mol. The van der Waals surface area contributed by atoms with Crippen LogP contribution in [0.1, 0.15) is 10.4 Å².